The molecule has 0 saturated heterocycles. The largest absolute Gasteiger partial charge is 0.358 e. The first kappa shape index (κ1) is 13.8. The molecule has 0 atom stereocenters. The van der Waals surface area contributed by atoms with E-state index >= 15 is 0 Å². The lowest BCUT2D eigenvalue weighted by molar-refractivity contribution is 0.418. The monoisotopic (exact) mass is 239 g/mol. The number of hydrogen-bond donors (Lipinski definition) is 0. The van der Waals surface area contributed by atoms with Crippen molar-refractivity contribution in [1.82, 2.24) is 4.90 Å². The van der Waals surface area contributed by atoms with E-state index in [1.807, 2.05) is 18.7 Å². The highest BCUT2D eigenvalue weighted by Gasteiger charge is 2.04. The highest BCUT2D eigenvalue weighted by molar-refractivity contribution is 8.22. The van der Waals surface area contributed by atoms with E-state index in [-0.39, 0.29) is 0 Å². The van der Waals surface area contributed by atoms with Gasteiger partial charge in [0, 0.05) is 18.8 Å². The molecule has 82 valence electrons. The number of allylic oxidation sites excluding steroid dienone is 1. The topological polar surface area (TPSA) is 3.24 Å². The van der Waals surface area contributed by atoms with E-state index in [0.29, 0.717) is 12.2 Å². The van der Waals surface area contributed by atoms with E-state index in [1.165, 1.54) is 11.8 Å². The van der Waals surface area contributed by atoms with Crippen molar-refractivity contribution in [3.63, 3.8) is 0 Å². The van der Waals surface area contributed by atoms with Gasteiger partial charge in [-0.2, -0.15) is 8.78 Å². The van der Waals surface area contributed by atoms with E-state index in [2.05, 4.69) is 0 Å². The Kier molecular flexibility index (Phi) is 8.08. The minimum Gasteiger partial charge on any atom is -0.358 e. The molecule has 0 aliphatic rings. The Balaban J connectivity index is 3.68. The van der Waals surface area contributed by atoms with E-state index < -0.39 is 6.08 Å². The molecule has 0 fully saturated rings. The van der Waals surface area contributed by atoms with Crippen LogP contribution in [0.4, 0.5) is 8.78 Å². The predicted molar refractivity (Wildman–Crippen MR) is 62.9 cm³/mol. The fourth-order valence-electron chi connectivity index (χ4n) is 0.887. The van der Waals surface area contributed by atoms with Crippen LogP contribution in [0.2, 0.25) is 0 Å². The summed E-state index contributed by atoms with van der Waals surface area (Å²) in [5.74, 6) is 0.618. The summed E-state index contributed by atoms with van der Waals surface area (Å²) in [6.07, 6.45) is -0.314. The molecule has 0 bridgehead atoms. The molecule has 0 aromatic heterocycles. The van der Waals surface area contributed by atoms with Gasteiger partial charge in [-0.3, -0.25) is 0 Å². The first-order valence-electron chi connectivity index (χ1n) is 4.54. The second-order valence-corrected chi connectivity index (χ2v) is 4.30. The van der Waals surface area contributed by atoms with Crippen molar-refractivity contribution >= 4 is 28.3 Å². The second-order valence-electron chi connectivity index (χ2n) is 2.57. The number of thiocarbonyl (C=S) groups is 1. The number of halogens is 2. The third kappa shape index (κ3) is 6.32. The van der Waals surface area contributed by atoms with E-state index in [0.717, 1.165) is 23.5 Å². The molecule has 0 aliphatic carbocycles. The maximum atomic E-state index is 11.7. The first-order valence-corrected chi connectivity index (χ1v) is 5.94. The van der Waals surface area contributed by atoms with Crippen LogP contribution >= 0.6 is 24.0 Å². The van der Waals surface area contributed by atoms with Crippen LogP contribution < -0.4 is 0 Å². The Labute approximate surface area is 93.5 Å². The summed E-state index contributed by atoms with van der Waals surface area (Å²) < 4.78 is 24.1. The Morgan fingerprint density at radius 1 is 1.36 bits per heavy atom. The van der Waals surface area contributed by atoms with Crippen LogP contribution in [0.5, 0.6) is 0 Å². The molecule has 0 heterocycles. The molecule has 0 unspecified atom stereocenters. The van der Waals surface area contributed by atoms with Crippen LogP contribution in [0.3, 0.4) is 0 Å². The summed E-state index contributed by atoms with van der Waals surface area (Å²) in [7, 11) is 0. The lowest BCUT2D eigenvalue weighted by atomic mass is 10.5. The van der Waals surface area contributed by atoms with Crippen molar-refractivity contribution in [3.8, 4) is 0 Å². The zero-order chi connectivity index (χ0) is 11.0. The molecular weight excluding hydrogens is 224 g/mol. The van der Waals surface area contributed by atoms with Crippen molar-refractivity contribution in [1.29, 1.82) is 0 Å². The summed E-state index contributed by atoms with van der Waals surface area (Å²) >= 11 is 6.59. The molecule has 0 amide bonds. The Bertz CT molecular complexity index is 199. The highest BCUT2D eigenvalue weighted by Crippen LogP contribution is 2.12. The third-order valence-corrected chi connectivity index (χ3v) is 3.22. The van der Waals surface area contributed by atoms with Gasteiger partial charge in [0.1, 0.15) is 4.32 Å². The van der Waals surface area contributed by atoms with Gasteiger partial charge in [-0.25, -0.2) is 0 Å². The van der Waals surface area contributed by atoms with Crippen molar-refractivity contribution < 1.29 is 8.78 Å². The maximum absolute atomic E-state index is 11.7. The maximum Gasteiger partial charge on any atom is 0.266 e. The predicted octanol–water partition coefficient (Wildman–Crippen LogP) is 3.52. The minimum absolute atomic E-state index is 0.369. The van der Waals surface area contributed by atoms with E-state index in [9.17, 15) is 8.78 Å². The third-order valence-electron chi connectivity index (χ3n) is 1.66. The molecule has 1 nitrogen and oxygen atoms in total. The molecule has 0 aromatic rings. The molecule has 5 heteroatoms. The summed E-state index contributed by atoms with van der Waals surface area (Å²) in [4.78, 5) is 2.04. The summed E-state index contributed by atoms with van der Waals surface area (Å²) in [5, 5.41) is 0. The number of rotatable bonds is 5. The second kappa shape index (κ2) is 8.17. The normalized spacial score (nSPS) is 9.71. The van der Waals surface area contributed by atoms with Gasteiger partial charge in [0.25, 0.3) is 6.08 Å². The fraction of sp³-hybridized carbons (Fsp3) is 0.667. The lowest BCUT2D eigenvalue weighted by Crippen LogP contribution is -2.26. The first-order chi connectivity index (χ1) is 6.61. The van der Waals surface area contributed by atoms with Crippen LogP contribution in [0, 0.1) is 0 Å². The molecule has 0 rings (SSSR count). The standard InChI is InChI=1S/C9H15F2NS2/c1-3-12(4-2)9(13)14-7-5-6-8(10)11/h6H,3-5,7H2,1-2H3. The van der Waals surface area contributed by atoms with Crippen molar-refractivity contribution in [2.45, 2.75) is 20.3 Å². The molecule has 14 heavy (non-hydrogen) atoms. The SMILES string of the molecule is CCN(CC)C(=S)SCCC=C(F)F. The van der Waals surface area contributed by atoms with Gasteiger partial charge in [0.05, 0.1) is 0 Å². The molecule has 0 saturated carbocycles. The van der Waals surface area contributed by atoms with Crippen LogP contribution in [-0.2, 0) is 0 Å². The zero-order valence-electron chi connectivity index (χ0n) is 8.43. The fourth-order valence-corrected chi connectivity index (χ4v) is 2.25. The van der Waals surface area contributed by atoms with Crippen LogP contribution in [-0.4, -0.2) is 28.1 Å². The van der Waals surface area contributed by atoms with E-state index in [1.54, 1.807) is 0 Å². The molecular formula is C9H15F2NS2. The Morgan fingerprint density at radius 2 is 1.93 bits per heavy atom. The molecule has 0 spiro atoms. The van der Waals surface area contributed by atoms with Gasteiger partial charge < -0.3 is 4.90 Å². The van der Waals surface area contributed by atoms with Gasteiger partial charge in [0.2, 0.25) is 0 Å². The molecule has 0 aliphatic heterocycles. The van der Waals surface area contributed by atoms with Gasteiger partial charge in [0.15, 0.2) is 0 Å². The van der Waals surface area contributed by atoms with Crippen molar-refractivity contribution in [2.24, 2.45) is 0 Å². The Morgan fingerprint density at radius 3 is 2.36 bits per heavy atom. The molecule has 0 aromatic carbocycles. The highest BCUT2D eigenvalue weighted by atomic mass is 32.2. The molecule has 0 N–H and O–H groups in total. The van der Waals surface area contributed by atoms with Crippen molar-refractivity contribution in [2.75, 3.05) is 18.8 Å². The van der Waals surface area contributed by atoms with Crippen LogP contribution in [0.25, 0.3) is 0 Å². The Hall–Kier alpha value is -0.160. The van der Waals surface area contributed by atoms with Gasteiger partial charge in [-0.05, 0) is 26.3 Å². The number of hydrogen-bond acceptors (Lipinski definition) is 2. The average molecular weight is 239 g/mol. The smallest absolute Gasteiger partial charge is 0.266 e. The van der Waals surface area contributed by atoms with E-state index in [4.69, 9.17) is 12.2 Å². The summed E-state index contributed by atoms with van der Waals surface area (Å²) in [6.45, 7) is 5.79. The quantitative estimate of drug-likeness (QED) is 0.534. The number of thioether (sulfide) groups is 1. The van der Waals surface area contributed by atoms with Crippen LogP contribution in [0.15, 0.2) is 12.2 Å². The number of nitrogens with zero attached hydrogens (tertiary/aromatic N) is 1. The van der Waals surface area contributed by atoms with Crippen molar-refractivity contribution in [3.05, 3.63) is 12.2 Å². The van der Waals surface area contributed by atoms with Gasteiger partial charge in [-0.15, -0.1) is 0 Å². The molecule has 0 radical (unpaired) electrons. The van der Waals surface area contributed by atoms with Crippen LogP contribution in [0.1, 0.15) is 20.3 Å². The summed E-state index contributed by atoms with van der Waals surface area (Å²) in [5.41, 5.74) is 0. The van der Waals surface area contributed by atoms with Gasteiger partial charge >= 0.3 is 0 Å². The minimum atomic E-state index is -1.61. The summed E-state index contributed by atoms with van der Waals surface area (Å²) in [6, 6.07) is 0. The zero-order valence-corrected chi connectivity index (χ0v) is 10.1. The lowest BCUT2D eigenvalue weighted by Gasteiger charge is -2.20. The average Bonchev–Trinajstić information content (AvgIpc) is 2.14. The van der Waals surface area contributed by atoms with Gasteiger partial charge in [-0.1, -0.05) is 24.0 Å².